The number of carbonyl (C=O) groups excluding carboxylic acids is 2. The van der Waals surface area contributed by atoms with Crippen LogP contribution in [0.2, 0.25) is 0 Å². The van der Waals surface area contributed by atoms with Gasteiger partial charge in [-0.15, -0.1) is 0 Å². The SMILES string of the molecule is CCCNC(=O)CCC(=O)NC(C(=O)O)c1ccc(OC)cc1. The van der Waals surface area contributed by atoms with Gasteiger partial charge in [-0.2, -0.15) is 0 Å². The molecule has 7 heteroatoms. The van der Waals surface area contributed by atoms with Crippen LogP contribution in [0.1, 0.15) is 37.8 Å². The number of benzene rings is 1. The number of hydrogen-bond acceptors (Lipinski definition) is 4. The number of amides is 2. The zero-order valence-corrected chi connectivity index (χ0v) is 13.3. The summed E-state index contributed by atoms with van der Waals surface area (Å²) in [6, 6.07) is 5.23. The number of ether oxygens (including phenoxy) is 1. The largest absolute Gasteiger partial charge is 0.497 e. The van der Waals surface area contributed by atoms with E-state index in [1.165, 1.54) is 7.11 Å². The molecule has 23 heavy (non-hydrogen) atoms. The first-order chi connectivity index (χ1) is 11.0. The van der Waals surface area contributed by atoms with Gasteiger partial charge >= 0.3 is 5.97 Å². The molecular weight excluding hydrogens is 300 g/mol. The maximum absolute atomic E-state index is 11.9. The van der Waals surface area contributed by atoms with Crippen molar-refractivity contribution >= 4 is 17.8 Å². The highest BCUT2D eigenvalue weighted by atomic mass is 16.5. The van der Waals surface area contributed by atoms with Crippen molar-refractivity contribution in [3.8, 4) is 5.75 Å². The molecule has 1 unspecified atom stereocenters. The monoisotopic (exact) mass is 322 g/mol. The van der Waals surface area contributed by atoms with Crippen LogP contribution in [0, 0.1) is 0 Å². The average molecular weight is 322 g/mol. The van der Waals surface area contributed by atoms with Gasteiger partial charge in [-0.05, 0) is 24.1 Å². The van der Waals surface area contributed by atoms with Crippen LogP contribution in [0.3, 0.4) is 0 Å². The number of hydrogen-bond donors (Lipinski definition) is 3. The molecule has 0 radical (unpaired) electrons. The van der Waals surface area contributed by atoms with Crippen molar-refractivity contribution in [2.75, 3.05) is 13.7 Å². The van der Waals surface area contributed by atoms with Gasteiger partial charge in [0.05, 0.1) is 7.11 Å². The second-order valence-corrected chi connectivity index (χ2v) is 4.96. The van der Waals surface area contributed by atoms with Crippen LogP contribution < -0.4 is 15.4 Å². The molecular formula is C16H22N2O5. The summed E-state index contributed by atoms with van der Waals surface area (Å²) in [5.41, 5.74) is 0.432. The maximum Gasteiger partial charge on any atom is 0.330 e. The fourth-order valence-electron chi connectivity index (χ4n) is 1.90. The van der Waals surface area contributed by atoms with Gasteiger partial charge in [0.15, 0.2) is 6.04 Å². The maximum atomic E-state index is 11.9. The van der Waals surface area contributed by atoms with Crippen LogP contribution in [0.4, 0.5) is 0 Å². The molecule has 0 fully saturated rings. The highest BCUT2D eigenvalue weighted by molar-refractivity contribution is 5.87. The molecule has 7 nitrogen and oxygen atoms in total. The van der Waals surface area contributed by atoms with Crippen molar-refractivity contribution < 1.29 is 24.2 Å². The van der Waals surface area contributed by atoms with Gasteiger partial charge < -0.3 is 20.5 Å². The number of carboxylic acid groups (broad SMARTS) is 1. The molecule has 1 aromatic rings. The van der Waals surface area contributed by atoms with Crippen LogP contribution in [0.25, 0.3) is 0 Å². The molecule has 126 valence electrons. The molecule has 0 aliphatic heterocycles. The van der Waals surface area contributed by atoms with Gasteiger partial charge in [-0.1, -0.05) is 19.1 Å². The zero-order valence-electron chi connectivity index (χ0n) is 13.3. The molecule has 0 bridgehead atoms. The predicted molar refractivity (Wildman–Crippen MR) is 84.0 cm³/mol. The van der Waals surface area contributed by atoms with Gasteiger partial charge in [-0.25, -0.2) is 4.79 Å². The third-order valence-corrected chi connectivity index (χ3v) is 3.15. The van der Waals surface area contributed by atoms with E-state index in [2.05, 4.69) is 10.6 Å². The van der Waals surface area contributed by atoms with E-state index in [9.17, 15) is 19.5 Å². The first-order valence-corrected chi connectivity index (χ1v) is 7.40. The van der Waals surface area contributed by atoms with E-state index < -0.39 is 17.9 Å². The van der Waals surface area contributed by atoms with Crippen molar-refractivity contribution in [3.63, 3.8) is 0 Å². The molecule has 0 aliphatic carbocycles. The summed E-state index contributed by atoms with van der Waals surface area (Å²) in [6.07, 6.45) is 0.784. The third kappa shape index (κ3) is 6.37. The Hall–Kier alpha value is -2.57. The standard InChI is InChI=1S/C16H22N2O5/c1-3-10-17-13(19)8-9-14(20)18-15(16(21)22)11-4-6-12(23-2)7-5-11/h4-7,15H,3,8-10H2,1-2H3,(H,17,19)(H,18,20)(H,21,22). The number of carbonyl (C=O) groups is 3. The van der Waals surface area contributed by atoms with Crippen molar-refractivity contribution in [1.82, 2.24) is 10.6 Å². The zero-order chi connectivity index (χ0) is 17.2. The second kappa shape index (κ2) is 9.45. The van der Waals surface area contributed by atoms with E-state index in [1.807, 2.05) is 6.92 Å². The lowest BCUT2D eigenvalue weighted by molar-refractivity contribution is -0.142. The Bertz CT molecular complexity index is 542. The van der Waals surface area contributed by atoms with Crippen LogP contribution in [-0.4, -0.2) is 36.5 Å². The summed E-state index contributed by atoms with van der Waals surface area (Å²) in [6.45, 7) is 2.49. The smallest absolute Gasteiger partial charge is 0.330 e. The minimum absolute atomic E-state index is 0.0286. The lowest BCUT2D eigenvalue weighted by Crippen LogP contribution is -2.34. The molecule has 0 aromatic heterocycles. The highest BCUT2D eigenvalue weighted by Gasteiger charge is 2.22. The van der Waals surface area contributed by atoms with Crippen molar-refractivity contribution in [3.05, 3.63) is 29.8 Å². The number of methoxy groups -OCH3 is 1. The van der Waals surface area contributed by atoms with E-state index in [0.29, 0.717) is 17.9 Å². The molecule has 0 spiro atoms. The van der Waals surface area contributed by atoms with Crippen LogP contribution in [0.15, 0.2) is 24.3 Å². The van der Waals surface area contributed by atoms with Crippen molar-refractivity contribution in [1.29, 1.82) is 0 Å². The summed E-state index contributed by atoms with van der Waals surface area (Å²) in [7, 11) is 1.51. The normalized spacial score (nSPS) is 11.4. The van der Waals surface area contributed by atoms with E-state index >= 15 is 0 Å². The first kappa shape index (κ1) is 18.5. The lowest BCUT2D eigenvalue weighted by Gasteiger charge is -2.15. The first-order valence-electron chi connectivity index (χ1n) is 7.40. The molecule has 0 heterocycles. The summed E-state index contributed by atoms with van der Waals surface area (Å²) >= 11 is 0. The topological polar surface area (TPSA) is 105 Å². The van der Waals surface area contributed by atoms with Gasteiger partial charge in [0, 0.05) is 19.4 Å². The number of aliphatic carboxylic acids is 1. The Balaban J connectivity index is 2.59. The number of nitrogens with one attached hydrogen (secondary N) is 2. The highest BCUT2D eigenvalue weighted by Crippen LogP contribution is 2.18. The number of rotatable bonds is 9. The molecule has 2 amide bonds. The number of carboxylic acids is 1. The Labute approximate surface area is 135 Å². The van der Waals surface area contributed by atoms with E-state index in [-0.39, 0.29) is 18.7 Å². The van der Waals surface area contributed by atoms with Crippen LogP contribution in [-0.2, 0) is 14.4 Å². The summed E-state index contributed by atoms with van der Waals surface area (Å²) in [4.78, 5) is 34.6. The average Bonchev–Trinajstić information content (AvgIpc) is 2.55. The lowest BCUT2D eigenvalue weighted by atomic mass is 10.1. The fraction of sp³-hybridized carbons (Fsp3) is 0.438. The minimum Gasteiger partial charge on any atom is -0.497 e. The van der Waals surface area contributed by atoms with Gasteiger partial charge in [-0.3, -0.25) is 9.59 Å². The Morgan fingerprint density at radius 1 is 1.13 bits per heavy atom. The van der Waals surface area contributed by atoms with Gasteiger partial charge in [0.2, 0.25) is 11.8 Å². The van der Waals surface area contributed by atoms with Gasteiger partial charge in [0.1, 0.15) is 5.75 Å². The molecule has 0 aliphatic rings. The molecule has 0 saturated heterocycles. The van der Waals surface area contributed by atoms with Crippen molar-refractivity contribution in [2.24, 2.45) is 0 Å². The molecule has 3 N–H and O–H groups in total. The predicted octanol–water partition coefficient (Wildman–Crippen LogP) is 1.24. The minimum atomic E-state index is -1.17. The Morgan fingerprint density at radius 2 is 1.74 bits per heavy atom. The summed E-state index contributed by atoms with van der Waals surface area (Å²) in [5, 5.41) is 14.4. The van der Waals surface area contributed by atoms with Crippen LogP contribution >= 0.6 is 0 Å². The quantitative estimate of drug-likeness (QED) is 0.634. The molecule has 1 rings (SSSR count). The molecule has 1 aromatic carbocycles. The molecule has 1 atom stereocenters. The van der Waals surface area contributed by atoms with Crippen molar-refractivity contribution in [2.45, 2.75) is 32.2 Å². The van der Waals surface area contributed by atoms with E-state index in [4.69, 9.17) is 4.74 Å². The Kier molecular flexibility index (Phi) is 7.59. The van der Waals surface area contributed by atoms with Crippen LogP contribution in [0.5, 0.6) is 5.75 Å². The van der Waals surface area contributed by atoms with E-state index in [1.54, 1.807) is 24.3 Å². The summed E-state index contributed by atoms with van der Waals surface area (Å²) in [5.74, 6) is -1.28. The second-order valence-electron chi connectivity index (χ2n) is 4.96. The van der Waals surface area contributed by atoms with Gasteiger partial charge in [0.25, 0.3) is 0 Å². The fourth-order valence-corrected chi connectivity index (χ4v) is 1.90. The summed E-state index contributed by atoms with van der Waals surface area (Å²) < 4.78 is 5.01. The Morgan fingerprint density at radius 3 is 2.26 bits per heavy atom. The molecule has 0 saturated carbocycles. The van der Waals surface area contributed by atoms with E-state index in [0.717, 1.165) is 6.42 Å². The third-order valence-electron chi connectivity index (χ3n) is 3.15.